The molecule has 0 spiro atoms. The average Bonchev–Trinajstić information content (AvgIpc) is 3.01. The molecule has 2 aromatic carbocycles. The van der Waals surface area contributed by atoms with Crippen molar-refractivity contribution in [3.05, 3.63) is 65.7 Å². The summed E-state index contributed by atoms with van der Waals surface area (Å²) in [6.07, 6.45) is 2.71. The van der Waals surface area contributed by atoms with E-state index in [-0.39, 0.29) is 17.7 Å². The van der Waals surface area contributed by atoms with E-state index < -0.39 is 12.1 Å². The number of anilines is 1. The van der Waals surface area contributed by atoms with E-state index in [1.165, 1.54) is 4.90 Å². The Kier molecular flexibility index (Phi) is 7.87. The van der Waals surface area contributed by atoms with Gasteiger partial charge < -0.3 is 20.4 Å². The maximum Gasteiger partial charge on any atom is 0.254 e. The highest BCUT2D eigenvalue weighted by Crippen LogP contribution is 2.17. The van der Waals surface area contributed by atoms with Crippen molar-refractivity contribution < 1.29 is 14.4 Å². The Morgan fingerprint density at radius 3 is 2.38 bits per heavy atom. The van der Waals surface area contributed by atoms with Gasteiger partial charge in [0.2, 0.25) is 11.8 Å². The van der Waals surface area contributed by atoms with Gasteiger partial charge in [0.05, 0.1) is 0 Å². The van der Waals surface area contributed by atoms with Gasteiger partial charge in [0.25, 0.3) is 5.91 Å². The number of hydrogen-bond acceptors (Lipinski definition) is 4. The van der Waals surface area contributed by atoms with E-state index in [2.05, 4.69) is 10.6 Å². The minimum Gasteiger partial charge on any atom is -0.378 e. The smallest absolute Gasteiger partial charge is 0.254 e. The second kappa shape index (κ2) is 10.8. The van der Waals surface area contributed by atoms with Crippen LogP contribution in [0.4, 0.5) is 5.69 Å². The minimum absolute atomic E-state index is 0.164. The molecule has 1 saturated heterocycles. The highest BCUT2D eigenvalue weighted by atomic mass is 16.2. The molecule has 0 radical (unpaired) electrons. The molecule has 1 aliphatic heterocycles. The molecule has 0 aliphatic carbocycles. The normalized spacial score (nSPS) is 17.0. The summed E-state index contributed by atoms with van der Waals surface area (Å²) in [6.45, 7) is 0.625. The molecule has 2 N–H and O–H groups in total. The van der Waals surface area contributed by atoms with Crippen molar-refractivity contribution in [3.8, 4) is 0 Å². The second-order valence-corrected chi connectivity index (χ2v) is 8.41. The molecule has 2 aromatic rings. The van der Waals surface area contributed by atoms with Gasteiger partial charge in [0.1, 0.15) is 12.1 Å². The van der Waals surface area contributed by atoms with Crippen molar-refractivity contribution in [3.63, 3.8) is 0 Å². The molecular formula is C25H32N4O3. The third kappa shape index (κ3) is 5.87. The highest BCUT2D eigenvalue weighted by molar-refractivity contribution is 5.98. The summed E-state index contributed by atoms with van der Waals surface area (Å²) in [5, 5.41) is 5.73. The van der Waals surface area contributed by atoms with Gasteiger partial charge in [-0.05, 0) is 49.1 Å². The van der Waals surface area contributed by atoms with Crippen LogP contribution in [0.3, 0.4) is 0 Å². The molecule has 7 nitrogen and oxygen atoms in total. The Morgan fingerprint density at radius 1 is 1.03 bits per heavy atom. The lowest BCUT2D eigenvalue weighted by Gasteiger charge is -2.29. The molecule has 1 heterocycles. The van der Waals surface area contributed by atoms with E-state index in [1.54, 1.807) is 19.2 Å². The number of carbonyl (C=O) groups excluding carboxylic acids is 3. The molecule has 32 heavy (non-hydrogen) atoms. The lowest BCUT2D eigenvalue weighted by molar-refractivity contribution is -0.131. The van der Waals surface area contributed by atoms with Crippen LogP contribution in [0.5, 0.6) is 0 Å². The Morgan fingerprint density at radius 2 is 1.72 bits per heavy atom. The summed E-state index contributed by atoms with van der Waals surface area (Å²) in [4.78, 5) is 42.3. The van der Waals surface area contributed by atoms with Crippen LogP contribution >= 0.6 is 0 Å². The van der Waals surface area contributed by atoms with Crippen LogP contribution in [0, 0.1) is 0 Å². The summed E-state index contributed by atoms with van der Waals surface area (Å²) >= 11 is 0. The molecule has 170 valence electrons. The monoisotopic (exact) mass is 436 g/mol. The fourth-order valence-electron chi connectivity index (χ4n) is 3.84. The van der Waals surface area contributed by atoms with Crippen LogP contribution in [0.25, 0.3) is 0 Å². The number of amides is 3. The number of hydrogen-bond donors (Lipinski definition) is 2. The van der Waals surface area contributed by atoms with Gasteiger partial charge in [-0.2, -0.15) is 0 Å². The van der Waals surface area contributed by atoms with Gasteiger partial charge in [-0.3, -0.25) is 14.4 Å². The van der Waals surface area contributed by atoms with Crippen LogP contribution in [0.1, 0.15) is 35.2 Å². The van der Waals surface area contributed by atoms with Gasteiger partial charge in [-0.1, -0.05) is 30.3 Å². The van der Waals surface area contributed by atoms with Gasteiger partial charge >= 0.3 is 0 Å². The number of nitrogens with one attached hydrogen (secondary N) is 2. The predicted molar refractivity (Wildman–Crippen MR) is 126 cm³/mol. The number of benzene rings is 2. The standard InChI is InChI=1S/C25H32N4O3/c1-28(2)20-14-12-19(13-15-20)25(32)29(3)22(17-18-9-5-4-6-10-18)24(31)27-21-11-7-8-16-26-23(21)30/h4-6,9-10,12-15,21-22H,7-8,11,16-17H2,1-3H3,(H,26,30)(H,27,31)/t21-,22-/m0/s1. The summed E-state index contributed by atoms with van der Waals surface area (Å²) in [6, 6.07) is 15.6. The average molecular weight is 437 g/mol. The van der Waals surface area contributed by atoms with E-state index in [1.807, 2.05) is 61.5 Å². The molecule has 7 heteroatoms. The Hall–Kier alpha value is -3.35. The van der Waals surface area contributed by atoms with E-state index >= 15 is 0 Å². The van der Waals surface area contributed by atoms with Crippen LogP contribution in [-0.2, 0) is 16.0 Å². The molecule has 2 atom stereocenters. The number of carbonyl (C=O) groups is 3. The number of nitrogens with zero attached hydrogens (tertiary/aromatic N) is 2. The van der Waals surface area contributed by atoms with Gasteiger partial charge in [-0.25, -0.2) is 0 Å². The Balaban J connectivity index is 1.81. The summed E-state index contributed by atoms with van der Waals surface area (Å²) in [5.41, 5.74) is 2.44. The van der Waals surface area contributed by atoms with Crippen molar-refractivity contribution in [2.45, 2.75) is 37.8 Å². The first-order valence-corrected chi connectivity index (χ1v) is 11.0. The predicted octanol–water partition coefficient (Wildman–Crippen LogP) is 2.22. The zero-order valence-electron chi connectivity index (χ0n) is 19.0. The first-order chi connectivity index (χ1) is 15.4. The molecule has 3 amide bonds. The van der Waals surface area contributed by atoms with E-state index in [9.17, 15) is 14.4 Å². The van der Waals surface area contributed by atoms with Gasteiger partial charge in [0.15, 0.2) is 0 Å². The molecule has 0 aromatic heterocycles. The SMILES string of the molecule is CN(C)c1ccc(C(=O)N(C)[C@@H](Cc2ccccc2)C(=O)N[C@H]2CCCCNC2=O)cc1. The fourth-order valence-corrected chi connectivity index (χ4v) is 3.84. The van der Waals surface area contributed by atoms with Gasteiger partial charge in [0, 0.05) is 45.4 Å². The van der Waals surface area contributed by atoms with Crippen LogP contribution < -0.4 is 15.5 Å². The molecular weight excluding hydrogens is 404 g/mol. The van der Waals surface area contributed by atoms with Crippen molar-refractivity contribution in [1.29, 1.82) is 0 Å². The van der Waals surface area contributed by atoms with Crippen molar-refractivity contribution in [2.75, 3.05) is 32.6 Å². The first kappa shape index (κ1) is 23.3. The highest BCUT2D eigenvalue weighted by Gasteiger charge is 2.31. The third-order valence-electron chi connectivity index (χ3n) is 5.84. The second-order valence-electron chi connectivity index (χ2n) is 8.41. The number of rotatable bonds is 7. The Bertz CT molecular complexity index is 928. The maximum atomic E-state index is 13.3. The van der Waals surface area contributed by atoms with Gasteiger partial charge in [-0.15, -0.1) is 0 Å². The molecule has 0 bridgehead atoms. The molecule has 1 fully saturated rings. The summed E-state index contributed by atoms with van der Waals surface area (Å²) in [5.74, 6) is -0.726. The molecule has 3 rings (SSSR count). The minimum atomic E-state index is -0.741. The van der Waals surface area contributed by atoms with Crippen molar-refractivity contribution >= 4 is 23.4 Å². The first-order valence-electron chi connectivity index (χ1n) is 11.0. The van der Waals surface area contributed by atoms with Crippen molar-refractivity contribution in [1.82, 2.24) is 15.5 Å². The van der Waals surface area contributed by atoms with Crippen LogP contribution in [-0.4, -0.2) is 62.4 Å². The zero-order chi connectivity index (χ0) is 23.1. The fraction of sp³-hybridized carbons (Fsp3) is 0.400. The van der Waals surface area contributed by atoms with E-state index in [4.69, 9.17) is 0 Å². The topological polar surface area (TPSA) is 81.8 Å². The lowest BCUT2D eigenvalue weighted by atomic mass is 10.0. The van der Waals surface area contributed by atoms with Crippen molar-refractivity contribution in [2.24, 2.45) is 0 Å². The van der Waals surface area contributed by atoms with Crippen LogP contribution in [0.2, 0.25) is 0 Å². The molecule has 0 saturated carbocycles. The molecule has 0 unspecified atom stereocenters. The summed E-state index contributed by atoms with van der Waals surface area (Å²) < 4.78 is 0. The van der Waals surface area contributed by atoms with E-state index in [0.29, 0.717) is 24.9 Å². The largest absolute Gasteiger partial charge is 0.378 e. The maximum absolute atomic E-state index is 13.3. The molecule has 1 aliphatic rings. The lowest BCUT2D eigenvalue weighted by Crippen LogP contribution is -2.54. The van der Waals surface area contributed by atoms with E-state index in [0.717, 1.165) is 24.1 Å². The number of likely N-dealkylation sites (N-methyl/N-ethyl adjacent to an activating group) is 1. The quantitative estimate of drug-likeness (QED) is 0.697. The van der Waals surface area contributed by atoms with Crippen LogP contribution in [0.15, 0.2) is 54.6 Å². The zero-order valence-corrected chi connectivity index (χ0v) is 19.0. The Labute approximate surface area is 189 Å². The summed E-state index contributed by atoms with van der Waals surface area (Å²) in [7, 11) is 5.52. The third-order valence-corrected chi connectivity index (χ3v) is 5.84.